The molecule has 1 aromatic carbocycles. The fourth-order valence-corrected chi connectivity index (χ4v) is 3.33. The Bertz CT molecular complexity index is 815. The number of ether oxygens (including phenoxy) is 3. The maximum atomic E-state index is 12.7. The average Bonchev–Trinajstić information content (AvgIpc) is 2.81. The zero-order valence-electron chi connectivity index (χ0n) is 22.2. The number of carbonyl (C=O) groups is 2. The molecule has 36 heavy (non-hydrogen) atoms. The van der Waals surface area contributed by atoms with Crippen molar-refractivity contribution in [1.29, 1.82) is 0 Å². The van der Waals surface area contributed by atoms with Crippen molar-refractivity contribution in [2.24, 2.45) is 17.3 Å². The molecule has 1 rings (SSSR count). The first-order valence-electron chi connectivity index (χ1n) is 12.6. The largest absolute Gasteiger partial charge is 0.494 e. The van der Waals surface area contributed by atoms with Gasteiger partial charge < -0.3 is 14.2 Å². The van der Waals surface area contributed by atoms with Gasteiger partial charge in [-0.1, -0.05) is 39.8 Å². The molecular weight excluding hydrogens is 473 g/mol. The second-order valence-corrected chi connectivity index (χ2v) is 10.0. The number of rotatable bonds is 16. The van der Waals surface area contributed by atoms with E-state index in [-0.39, 0.29) is 11.9 Å². The van der Waals surface area contributed by atoms with Crippen LogP contribution < -0.4 is 4.74 Å². The number of esters is 2. The maximum absolute atomic E-state index is 12.7. The van der Waals surface area contributed by atoms with E-state index < -0.39 is 24.2 Å². The number of hydrogen-bond donors (Lipinski definition) is 0. The van der Waals surface area contributed by atoms with E-state index in [0.29, 0.717) is 30.4 Å². The monoisotopic (exact) mass is 514 g/mol. The molecule has 0 amide bonds. The quantitative estimate of drug-likeness (QED) is 0.131. The van der Waals surface area contributed by atoms with Crippen LogP contribution in [0.25, 0.3) is 6.08 Å². The Kier molecular flexibility index (Phi) is 13.6. The van der Waals surface area contributed by atoms with Gasteiger partial charge in [0.25, 0.3) is 0 Å². The van der Waals surface area contributed by atoms with Gasteiger partial charge in [-0.05, 0) is 81.1 Å². The van der Waals surface area contributed by atoms with Gasteiger partial charge in [0.05, 0.1) is 18.6 Å². The molecule has 0 aliphatic carbocycles. The fourth-order valence-electron chi connectivity index (χ4n) is 3.33. The summed E-state index contributed by atoms with van der Waals surface area (Å²) in [6.45, 7) is 9.85. The maximum Gasteiger partial charge on any atom is 0.422 e. The van der Waals surface area contributed by atoms with E-state index in [9.17, 15) is 22.8 Å². The second-order valence-electron chi connectivity index (χ2n) is 10.0. The molecule has 0 spiro atoms. The standard InChI is InChI=1S/C28H41F3O5/c1-21(2)16-17-27(5,22(3)4)26(33)35-19-9-7-6-8-18-34-24-13-10-23(11-14-24)12-15-25(32)36-20-28(29,30)31/h10-15,21-22H,6-9,16-20H2,1-5H3/b15-12+. The summed E-state index contributed by atoms with van der Waals surface area (Å²) in [5, 5.41) is 0. The first-order chi connectivity index (χ1) is 16.8. The number of halogens is 3. The highest BCUT2D eigenvalue weighted by Crippen LogP contribution is 2.35. The molecule has 1 unspecified atom stereocenters. The summed E-state index contributed by atoms with van der Waals surface area (Å²) >= 11 is 0. The van der Waals surface area contributed by atoms with Crippen molar-refractivity contribution in [2.75, 3.05) is 19.8 Å². The van der Waals surface area contributed by atoms with Crippen molar-refractivity contribution in [1.82, 2.24) is 0 Å². The predicted molar refractivity (Wildman–Crippen MR) is 134 cm³/mol. The molecule has 8 heteroatoms. The normalized spacial score (nSPS) is 13.7. The average molecular weight is 515 g/mol. The molecule has 0 aromatic heterocycles. The molecule has 1 aromatic rings. The van der Waals surface area contributed by atoms with E-state index in [1.165, 1.54) is 6.08 Å². The van der Waals surface area contributed by atoms with Gasteiger partial charge in [0.1, 0.15) is 5.75 Å². The molecule has 1 atom stereocenters. The van der Waals surface area contributed by atoms with E-state index in [1.807, 2.05) is 6.92 Å². The molecule has 0 N–H and O–H groups in total. The molecule has 0 aliphatic heterocycles. The highest BCUT2D eigenvalue weighted by molar-refractivity contribution is 5.87. The van der Waals surface area contributed by atoms with Crippen molar-refractivity contribution in [3.8, 4) is 5.75 Å². The van der Waals surface area contributed by atoms with Gasteiger partial charge in [-0.25, -0.2) is 4.79 Å². The Morgan fingerprint density at radius 1 is 0.917 bits per heavy atom. The highest BCUT2D eigenvalue weighted by Gasteiger charge is 2.37. The molecule has 0 aliphatic rings. The predicted octanol–water partition coefficient (Wildman–Crippen LogP) is 7.39. The third kappa shape index (κ3) is 13.0. The van der Waals surface area contributed by atoms with Gasteiger partial charge >= 0.3 is 18.1 Å². The van der Waals surface area contributed by atoms with Gasteiger partial charge in [-0.2, -0.15) is 13.2 Å². The van der Waals surface area contributed by atoms with Gasteiger partial charge in [0.2, 0.25) is 0 Å². The Labute approximate surface area is 213 Å². The van der Waals surface area contributed by atoms with Gasteiger partial charge in [0, 0.05) is 6.08 Å². The zero-order valence-corrected chi connectivity index (χ0v) is 22.2. The second kappa shape index (κ2) is 15.6. The minimum atomic E-state index is -4.54. The molecule has 0 heterocycles. The summed E-state index contributed by atoms with van der Waals surface area (Å²) in [4.78, 5) is 24.0. The third-order valence-corrected chi connectivity index (χ3v) is 6.19. The van der Waals surface area contributed by atoms with Crippen LogP contribution in [0.2, 0.25) is 0 Å². The topological polar surface area (TPSA) is 61.8 Å². The van der Waals surface area contributed by atoms with E-state index >= 15 is 0 Å². The lowest BCUT2D eigenvalue weighted by molar-refractivity contribution is -0.182. The molecule has 0 bridgehead atoms. The fraction of sp³-hybridized carbons (Fsp3) is 0.643. The van der Waals surface area contributed by atoms with Crippen molar-refractivity contribution in [3.05, 3.63) is 35.9 Å². The summed E-state index contributed by atoms with van der Waals surface area (Å²) in [7, 11) is 0. The summed E-state index contributed by atoms with van der Waals surface area (Å²) < 4.78 is 51.5. The zero-order chi connectivity index (χ0) is 27.2. The van der Waals surface area contributed by atoms with Crippen LogP contribution in [0.3, 0.4) is 0 Å². The molecule has 0 radical (unpaired) electrons. The van der Waals surface area contributed by atoms with E-state index in [2.05, 4.69) is 32.4 Å². The van der Waals surface area contributed by atoms with Crippen molar-refractivity contribution < 1.29 is 37.0 Å². The van der Waals surface area contributed by atoms with Crippen LogP contribution in [0.1, 0.15) is 78.7 Å². The minimum Gasteiger partial charge on any atom is -0.494 e. The van der Waals surface area contributed by atoms with Crippen molar-refractivity contribution >= 4 is 18.0 Å². The highest BCUT2D eigenvalue weighted by atomic mass is 19.4. The number of carbonyl (C=O) groups excluding carboxylic acids is 2. The summed E-state index contributed by atoms with van der Waals surface area (Å²) in [5.41, 5.74) is 0.193. The van der Waals surface area contributed by atoms with Gasteiger partial charge in [-0.3, -0.25) is 4.79 Å². The van der Waals surface area contributed by atoms with E-state index in [4.69, 9.17) is 9.47 Å². The molecule has 0 saturated carbocycles. The SMILES string of the molecule is CC(C)CCC(C)(C(=O)OCCCCCCOc1ccc(/C=C/C(=O)OCC(F)(F)F)cc1)C(C)C. The first kappa shape index (κ1) is 31.5. The Balaban J connectivity index is 2.23. The third-order valence-electron chi connectivity index (χ3n) is 6.19. The molecule has 0 saturated heterocycles. The van der Waals surface area contributed by atoms with E-state index in [1.54, 1.807) is 24.3 Å². The summed E-state index contributed by atoms with van der Waals surface area (Å²) in [5.74, 6) is 0.291. The lowest BCUT2D eigenvalue weighted by Gasteiger charge is -2.32. The van der Waals surface area contributed by atoms with Crippen LogP contribution in [0.5, 0.6) is 5.75 Å². The molecule has 0 fully saturated rings. The minimum absolute atomic E-state index is 0.0991. The number of hydrogen-bond acceptors (Lipinski definition) is 5. The number of alkyl halides is 3. The van der Waals surface area contributed by atoms with Gasteiger partial charge in [0.15, 0.2) is 6.61 Å². The van der Waals surface area contributed by atoms with Crippen LogP contribution in [0.4, 0.5) is 13.2 Å². The number of benzene rings is 1. The van der Waals surface area contributed by atoms with Crippen LogP contribution in [0.15, 0.2) is 30.3 Å². The van der Waals surface area contributed by atoms with Crippen molar-refractivity contribution in [3.63, 3.8) is 0 Å². The lowest BCUT2D eigenvalue weighted by Crippen LogP contribution is -2.35. The smallest absolute Gasteiger partial charge is 0.422 e. The Hall–Kier alpha value is -2.51. The first-order valence-corrected chi connectivity index (χ1v) is 12.6. The van der Waals surface area contributed by atoms with Crippen molar-refractivity contribution in [2.45, 2.75) is 79.3 Å². The Morgan fingerprint density at radius 3 is 2.08 bits per heavy atom. The summed E-state index contributed by atoms with van der Waals surface area (Å²) in [6.07, 6.45) is 3.19. The molecular formula is C28H41F3O5. The summed E-state index contributed by atoms with van der Waals surface area (Å²) in [6, 6.07) is 6.85. The van der Waals surface area contributed by atoms with E-state index in [0.717, 1.165) is 44.6 Å². The van der Waals surface area contributed by atoms with Gasteiger partial charge in [-0.15, -0.1) is 0 Å². The lowest BCUT2D eigenvalue weighted by atomic mass is 9.74. The van der Waals surface area contributed by atoms with Crippen LogP contribution in [0, 0.1) is 17.3 Å². The van der Waals surface area contributed by atoms with Crippen LogP contribution >= 0.6 is 0 Å². The molecule has 204 valence electrons. The number of unbranched alkanes of at least 4 members (excludes halogenated alkanes) is 3. The van der Waals surface area contributed by atoms with Crippen LogP contribution in [-0.4, -0.2) is 37.9 Å². The molecule has 5 nitrogen and oxygen atoms in total. The van der Waals surface area contributed by atoms with Crippen LogP contribution in [-0.2, 0) is 19.1 Å². The Morgan fingerprint density at radius 2 is 1.53 bits per heavy atom.